The van der Waals surface area contributed by atoms with Gasteiger partial charge in [-0.2, -0.15) is 0 Å². The summed E-state index contributed by atoms with van der Waals surface area (Å²) in [4.78, 5) is 16.0. The van der Waals surface area contributed by atoms with Gasteiger partial charge in [-0.1, -0.05) is 19.1 Å². The first-order chi connectivity index (χ1) is 10.6. The Balaban J connectivity index is 1.55. The molecule has 3 rings (SSSR count). The first-order valence-electron chi connectivity index (χ1n) is 8.53. The third kappa shape index (κ3) is 3.32. The number of likely N-dealkylation sites (tertiary alicyclic amines) is 2. The molecule has 22 heavy (non-hydrogen) atoms. The van der Waals surface area contributed by atoms with Crippen molar-refractivity contribution < 1.29 is 14.1 Å². The van der Waals surface area contributed by atoms with Gasteiger partial charge in [0.1, 0.15) is 5.82 Å². The number of amides is 1. The summed E-state index contributed by atoms with van der Waals surface area (Å²) in [6.45, 7) is 6.40. The van der Waals surface area contributed by atoms with Crippen LogP contribution in [-0.2, 0) is 0 Å². The summed E-state index contributed by atoms with van der Waals surface area (Å²) in [5.74, 6) is 0.301. The highest BCUT2D eigenvalue weighted by atomic mass is 19.1. The average Bonchev–Trinajstić information content (AvgIpc) is 2.56. The smallest absolute Gasteiger partial charge is 0.256 e. The third-order valence-electron chi connectivity index (χ3n) is 5.38. The van der Waals surface area contributed by atoms with Crippen LogP contribution in [0.5, 0.6) is 0 Å². The molecule has 1 aromatic rings. The fraction of sp³-hybridized carbons (Fsp3) is 0.611. The molecule has 2 heterocycles. The van der Waals surface area contributed by atoms with Gasteiger partial charge in [0.2, 0.25) is 0 Å². The van der Waals surface area contributed by atoms with Crippen LogP contribution in [0.2, 0.25) is 0 Å². The van der Waals surface area contributed by atoms with Crippen molar-refractivity contribution in [2.75, 3.05) is 26.2 Å². The fourth-order valence-corrected chi connectivity index (χ4v) is 3.84. The van der Waals surface area contributed by atoms with E-state index in [0.717, 1.165) is 31.8 Å². The zero-order chi connectivity index (χ0) is 15.5. The van der Waals surface area contributed by atoms with Gasteiger partial charge in [-0.25, -0.2) is 4.39 Å². The summed E-state index contributed by atoms with van der Waals surface area (Å²) in [5, 5.41) is 0. The molecule has 1 aromatic carbocycles. The molecule has 0 saturated carbocycles. The third-order valence-corrected chi connectivity index (χ3v) is 5.38. The van der Waals surface area contributed by atoms with Gasteiger partial charge in [0.15, 0.2) is 0 Å². The predicted molar refractivity (Wildman–Crippen MR) is 84.4 cm³/mol. The first-order valence-corrected chi connectivity index (χ1v) is 8.53. The molecule has 2 fully saturated rings. The summed E-state index contributed by atoms with van der Waals surface area (Å²) >= 11 is 0. The van der Waals surface area contributed by atoms with Crippen LogP contribution in [0, 0.1) is 11.7 Å². The number of piperidine rings is 2. The number of hydrogen-bond donors (Lipinski definition) is 1. The Morgan fingerprint density at radius 2 is 1.77 bits per heavy atom. The van der Waals surface area contributed by atoms with E-state index >= 15 is 0 Å². The summed E-state index contributed by atoms with van der Waals surface area (Å²) in [6, 6.07) is 6.97. The van der Waals surface area contributed by atoms with Crippen molar-refractivity contribution in [2.45, 2.75) is 38.6 Å². The van der Waals surface area contributed by atoms with E-state index in [-0.39, 0.29) is 11.5 Å². The highest BCUT2D eigenvalue weighted by Gasteiger charge is 2.32. The van der Waals surface area contributed by atoms with Crippen molar-refractivity contribution in [3.8, 4) is 0 Å². The zero-order valence-corrected chi connectivity index (χ0v) is 13.4. The number of carbonyl (C=O) groups is 1. The maximum absolute atomic E-state index is 13.7. The summed E-state index contributed by atoms with van der Waals surface area (Å²) in [5.41, 5.74) is 0.208. The van der Waals surface area contributed by atoms with Crippen LogP contribution in [0.1, 0.15) is 43.0 Å². The maximum atomic E-state index is 13.7. The number of nitrogens with zero attached hydrogens (tertiary/aromatic N) is 1. The minimum absolute atomic E-state index is 0.154. The molecule has 2 saturated heterocycles. The summed E-state index contributed by atoms with van der Waals surface area (Å²) < 4.78 is 13.7. The lowest BCUT2D eigenvalue weighted by Gasteiger charge is -2.38. The molecule has 120 valence electrons. The largest absolute Gasteiger partial charge is 0.338 e. The lowest BCUT2D eigenvalue weighted by atomic mass is 9.94. The Morgan fingerprint density at radius 1 is 1.14 bits per heavy atom. The number of benzene rings is 1. The topological polar surface area (TPSA) is 24.8 Å². The minimum Gasteiger partial charge on any atom is -0.338 e. The standard InChI is InChI=1S/C18H25FN2O/c1-14-6-10-20(11-7-14)15-8-12-21(13-9-15)18(22)16-4-2-3-5-17(16)19/h2-5,14-15H,6-13H2,1H3/p+1. The second-order valence-corrected chi connectivity index (χ2v) is 6.89. The van der Waals surface area contributed by atoms with Gasteiger partial charge >= 0.3 is 0 Å². The SMILES string of the molecule is CC1CC[NH+](C2CCN(C(=O)c3ccccc3F)CC2)CC1. The molecule has 0 radical (unpaired) electrons. The molecule has 0 aliphatic carbocycles. The Morgan fingerprint density at radius 3 is 2.41 bits per heavy atom. The molecule has 0 unspecified atom stereocenters. The van der Waals surface area contributed by atoms with Crippen LogP contribution < -0.4 is 4.90 Å². The van der Waals surface area contributed by atoms with Crippen molar-refractivity contribution >= 4 is 5.91 Å². The molecular formula is C18H26FN2O+. The number of halogens is 1. The highest BCUT2D eigenvalue weighted by molar-refractivity contribution is 5.94. The van der Waals surface area contributed by atoms with Crippen molar-refractivity contribution in [1.82, 2.24) is 4.90 Å². The van der Waals surface area contributed by atoms with Gasteiger partial charge in [0.25, 0.3) is 5.91 Å². The highest BCUT2D eigenvalue weighted by Crippen LogP contribution is 2.16. The van der Waals surface area contributed by atoms with Crippen molar-refractivity contribution in [1.29, 1.82) is 0 Å². The zero-order valence-electron chi connectivity index (χ0n) is 13.4. The molecule has 1 N–H and O–H groups in total. The maximum Gasteiger partial charge on any atom is 0.256 e. The number of nitrogens with one attached hydrogen (secondary N) is 1. The minimum atomic E-state index is -0.412. The molecule has 1 amide bonds. The van der Waals surface area contributed by atoms with Gasteiger partial charge in [-0.3, -0.25) is 4.79 Å². The van der Waals surface area contributed by atoms with E-state index in [9.17, 15) is 9.18 Å². The number of rotatable bonds is 2. The first kappa shape index (κ1) is 15.5. The molecular weight excluding hydrogens is 279 g/mol. The van der Waals surface area contributed by atoms with Crippen LogP contribution in [0.3, 0.4) is 0 Å². The van der Waals surface area contributed by atoms with Crippen LogP contribution >= 0.6 is 0 Å². The van der Waals surface area contributed by atoms with E-state index in [2.05, 4.69) is 6.92 Å². The predicted octanol–water partition coefficient (Wildman–Crippen LogP) is 1.75. The number of carbonyl (C=O) groups excluding carboxylic acids is 1. The van der Waals surface area contributed by atoms with Crippen LogP contribution in [-0.4, -0.2) is 43.0 Å². The van der Waals surface area contributed by atoms with Crippen molar-refractivity contribution in [3.05, 3.63) is 35.6 Å². The van der Waals surface area contributed by atoms with E-state index in [1.807, 2.05) is 4.90 Å². The Bertz CT molecular complexity index is 518. The van der Waals surface area contributed by atoms with Crippen molar-refractivity contribution in [3.63, 3.8) is 0 Å². The second kappa shape index (κ2) is 6.78. The van der Waals surface area contributed by atoms with Crippen LogP contribution in [0.25, 0.3) is 0 Å². The lowest BCUT2D eigenvalue weighted by Crippen LogP contribution is -3.17. The number of quaternary nitrogens is 1. The summed E-state index contributed by atoms with van der Waals surface area (Å²) in [7, 11) is 0. The molecule has 0 atom stereocenters. The lowest BCUT2D eigenvalue weighted by molar-refractivity contribution is -0.932. The summed E-state index contributed by atoms with van der Waals surface area (Å²) in [6.07, 6.45) is 4.74. The normalized spacial score (nSPS) is 26.9. The number of hydrogen-bond acceptors (Lipinski definition) is 1. The second-order valence-electron chi connectivity index (χ2n) is 6.89. The Labute approximate surface area is 132 Å². The van der Waals surface area contributed by atoms with Gasteiger partial charge < -0.3 is 9.80 Å². The van der Waals surface area contributed by atoms with Crippen LogP contribution in [0.4, 0.5) is 4.39 Å². The quantitative estimate of drug-likeness (QED) is 0.884. The van der Waals surface area contributed by atoms with E-state index < -0.39 is 5.82 Å². The molecule has 0 aromatic heterocycles. The Kier molecular flexibility index (Phi) is 4.77. The molecule has 4 heteroatoms. The van der Waals surface area contributed by atoms with Gasteiger partial charge in [0.05, 0.1) is 24.7 Å². The molecule has 0 bridgehead atoms. The molecule has 2 aliphatic heterocycles. The van der Waals surface area contributed by atoms with Gasteiger partial charge in [-0.05, 0) is 30.9 Å². The van der Waals surface area contributed by atoms with E-state index in [1.54, 1.807) is 23.1 Å². The molecule has 0 spiro atoms. The fourth-order valence-electron chi connectivity index (χ4n) is 3.84. The Hall–Kier alpha value is -1.42. The van der Waals surface area contributed by atoms with Crippen molar-refractivity contribution in [2.24, 2.45) is 5.92 Å². The van der Waals surface area contributed by atoms with E-state index in [1.165, 1.54) is 32.0 Å². The van der Waals surface area contributed by atoms with E-state index in [4.69, 9.17) is 0 Å². The molecule has 3 nitrogen and oxygen atoms in total. The average molecular weight is 305 g/mol. The monoisotopic (exact) mass is 305 g/mol. The van der Waals surface area contributed by atoms with Gasteiger partial charge in [0, 0.05) is 25.9 Å². The van der Waals surface area contributed by atoms with Crippen LogP contribution in [0.15, 0.2) is 24.3 Å². The molecule has 2 aliphatic rings. The van der Waals surface area contributed by atoms with Gasteiger partial charge in [-0.15, -0.1) is 0 Å². The van der Waals surface area contributed by atoms with E-state index in [0.29, 0.717) is 6.04 Å².